The van der Waals surface area contributed by atoms with Crippen molar-refractivity contribution in [3.63, 3.8) is 0 Å². The molecule has 0 bridgehead atoms. The number of alkyl halides is 3. The van der Waals surface area contributed by atoms with Gasteiger partial charge in [-0.25, -0.2) is 0 Å². The highest BCUT2D eigenvalue weighted by molar-refractivity contribution is 6.69. The van der Waals surface area contributed by atoms with E-state index in [2.05, 4.69) is 0 Å². The van der Waals surface area contributed by atoms with Crippen molar-refractivity contribution in [3.8, 4) is 0 Å². The molecule has 0 aromatic carbocycles. The van der Waals surface area contributed by atoms with Crippen LogP contribution >= 0.6 is 34.8 Å². The Labute approximate surface area is 77.1 Å². The van der Waals surface area contributed by atoms with Crippen LogP contribution in [0.3, 0.4) is 0 Å². The van der Waals surface area contributed by atoms with Gasteiger partial charge in [0.1, 0.15) is 0 Å². The van der Waals surface area contributed by atoms with Gasteiger partial charge in [-0.2, -0.15) is 0 Å². The smallest absolute Gasteiger partial charge is 0.0827 e. The van der Waals surface area contributed by atoms with Crippen LogP contribution in [0.4, 0.5) is 0 Å². The summed E-state index contributed by atoms with van der Waals surface area (Å²) < 4.78 is -1.25. The maximum atomic E-state index is 5.58. The van der Waals surface area contributed by atoms with E-state index in [-0.39, 0.29) is 0 Å². The first-order valence-electron chi connectivity index (χ1n) is 2.89. The normalized spacial score (nSPS) is 11.9. The molecule has 0 amide bonds. The lowest BCUT2D eigenvalue weighted by atomic mass is 10.1. The van der Waals surface area contributed by atoms with E-state index in [9.17, 15) is 0 Å². The molecule has 0 aromatic rings. The maximum Gasteiger partial charge on any atom is 0.200 e. The molecule has 0 rings (SSSR count). The Morgan fingerprint density at radius 1 is 1.10 bits per heavy atom. The lowest BCUT2D eigenvalue weighted by Gasteiger charge is -2.15. The number of hydrogen-bond donors (Lipinski definition) is 0. The first-order chi connectivity index (χ1) is 4.34. The van der Waals surface area contributed by atoms with Gasteiger partial charge in [0.25, 0.3) is 0 Å². The third-order valence-corrected chi connectivity index (χ3v) is 1.85. The minimum Gasteiger partial charge on any atom is -0.0827 e. The Morgan fingerprint density at radius 3 is 1.60 bits per heavy atom. The van der Waals surface area contributed by atoms with Crippen molar-refractivity contribution in [2.75, 3.05) is 0 Å². The van der Waals surface area contributed by atoms with Gasteiger partial charge < -0.3 is 0 Å². The van der Waals surface area contributed by atoms with E-state index < -0.39 is 3.79 Å². The summed E-state index contributed by atoms with van der Waals surface area (Å²) in [4.78, 5) is 0. The van der Waals surface area contributed by atoms with E-state index in [1.54, 1.807) is 6.92 Å². The highest BCUT2D eigenvalue weighted by Crippen LogP contribution is 2.37. The van der Waals surface area contributed by atoms with Crippen molar-refractivity contribution in [2.45, 2.75) is 24.6 Å². The largest absolute Gasteiger partial charge is 0.200 e. The van der Waals surface area contributed by atoms with Crippen LogP contribution in [0, 0.1) is 5.92 Å². The molecule has 0 saturated carbocycles. The number of halogens is 3. The zero-order chi connectivity index (χ0) is 8.36. The molecule has 1 radical (unpaired) electrons. The SMILES string of the molecule is C[C](C=C(C)C)C(Cl)(Cl)Cl. The fourth-order valence-electron chi connectivity index (χ4n) is 0.515. The van der Waals surface area contributed by atoms with Crippen LogP contribution in [0.2, 0.25) is 0 Å². The van der Waals surface area contributed by atoms with Crippen molar-refractivity contribution in [3.05, 3.63) is 17.6 Å². The fourth-order valence-corrected chi connectivity index (χ4v) is 0.679. The third kappa shape index (κ3) is 4.43. The quantitative estimate of drug-likeness (QED) is 0.563. The second-order valence-electron chi connectivity index (χ2n) is 2.40. The molecule has 0 aliphatic carbocycles. The molecule has 0 spiro atoms. The molecule has 0 nitrogen and oxygen atoms in total. The lowest BCUT2D eigenvalue weighted by Crippen LogP contribution is -2.10. The Bertz CT molecular complexity index is 128. The number of hydrogen-bond acceptors (Lipinski definition) is 0. The standard InChI is InChI=1S/C7H10Cl3/c1-5(2)4-6(3)7(8,9)10/h4H,1-3H3. The van der Waals surface area contributed by atoms with Gasteiger partial charge in [-0.1, -0.05) is 53.4 Å². The molecule has 0 fully saturated rings. The van der Waals surface area contributed by atoms with Crippen LogP contribution in [-0.2, 0) is 0 Å². The maximum absolute atomic E-state index is 5.58. The molecule has 0 aliphatic rings. The Morgan fingerprint density at radius 2 is 1.50 bits per heavy atom. The molecule has 3 heteroatoms. The van der Waals surface area contributed by atoms with Gasteiger partial charge in [0.05, 0.1) is 0 Å². The number of allylic oxidation sites excluding steroid dienone is 2. The van der Waals surface area contributed by atoms with E-state index in [0.717, 1.165) is 11.5 Å². The summed E-state index contributed by atoms with van der Waals surface area (Å²) >= 11 is 16.7. The highest BCUT2D eigenvalue weighted by atomic mass is 35.6. The van der Waals surface area contributed by atoms with Crippen LogP contribution in [-0.4, -0.2) is 3.79 Å². The van der Waals surface area contributed by atoms with Gasteiger partial charge in [0, 0.05) is 5.92 Å². The van der Waals surface area contributed by atoms with Crippen LogP contribution in [0.25, 0.3) is 0 Å². The third-order valence-electron chi connectivity index (χ3n) is 0.952. The Hall–Kier alpha value is 0.610. The number of rotatable bonds is 1. The molecular formula is C7H10Cl3. The van der Waals surface area contributed by atoms with Gasteiger partial charge >= 0.3 is 0 Å². The molecule has 0 atom stereocenters. The zero-order valence-electron chi connectivity index (χ0n) is 6.21. The Balaban J connectivity index is 4.11. The van der Waals surface area contributed by atoms with Gasteiger partial charge in [-0.3, -0.25) is 0 Å². The van der Waals surface area contributed by atoms with E-state index in [1.807, 2.05) is 19.9 Å². The first kappa shape index (κ1) is 10.6. The molecule has 0 saturated heterocycles. The van der Waals surface area contributed by atoms with E-state index >= 15 is 0 Å². The van der Waals surface area contributed by atoms with Crippen LogP contribution < -0.4 is 0 Å². The van der Waals surface area contributed by atoms with Crippen molar-refractivity contribution in [1.29, 1.82) is 0 Å². The van der Waals surface area contributed by atoms with Crippen LogP contribution in [0.1, 0.15) is 20.8 Å². The minimum absolute atomic E-state index is 0.748. The molecule has 10 heavy (non-hydrogen) atoms. The van der Waals surface area contributed by atoms with Gasteiger partial charge in [-0.15, -0.1) is 0 Å². The minimum atomic E-state index is -1.25. The molecule has 0 aromatic heterocycles. The summed E-state index contributed by atoms with van der Waals surface area (Å²) in [5.74, 6) is 0.748. The van der Waals surface area contributed by atoms with Gasteiger partial charge in [0.2, 0.25) is 0 Å². The summed E-state index contributed by atoms with van der Waals surface area (Å²) in [6.07, 6.45) is 1.85. The summed E-state index contributed by atoms with van der Waals surface area (Å²) in [6.45, 7) is 5.71. The Kier molecular flexibility index (Phi) is 4.08. The van der Waals surface area contributed by atoms with Crippen molar-refractivity contribution >= 4 is 34.8 Å². The summed E-state index contributed by atoms with van der Waals surface area (Å²) in [5, 5.41) is 0. The first-order valence-corrected chi connectivity index (χ1v) is 4.03. The van der Waals surface area contributed by atoms with Gasteiger partial charge in [0.15, 0.2) is 3.79 Å². The van der Waals surface area contributed by atoms with Crippen LogP contribution in [0.15, 0.2) is 11.6 Å². The molecule has 59 valence electrons. The topological polar surface area (TPSA) is 0 Å². The molecular weight excluding hydrogens is 190 g/mol. The fraction of sp³-hybridized carbons (Fsp3) is 0.571. The molecule has 0 unspecified atom stereocenters. The second-order valence-corrected chi connectivity index (χ2v) is 4.68. The van der Waals surface area contributed by atoms with Crippen molar-refractivity contribution in [1.82, 2.24) is 0 Å². The summed E-state index contributed by atoms with van der Waals surface area (Å²) in [7, 11) is 0. The second kappa shape index (κ2) is 3.85. The van der Waals surface area contributed by atoms with Crippen LogP contribution in [0.5, 0.6) is 0 Å². The van der Waals surface area contributed by atoms with Gasteiger partial charge in [-0.05, 0) is 13.8 Å². The predicted octanol–water partition coefficient (Wildman–Crippen LogP) is 3.92. The average Bonchev–Trinajstić information content (AvgIpc) is 1.60. The summed E-state index contributed by atoms with van der Waals surface area (Å²) in [6, 6.07) is 0. The zero-order valence-corrected chi connectivity index (χ0v) is 8.48. The summed E-state index contributed by atoms with van der Waals surface area (Å²) in [5.41, 5.74) is 1.13. The lowest BCUT2D eigenvalue weighted by molar-refractivity contribution is 1.07. The van der Waals surface area contributed by atoms with E-state index in [4.69, 9.17) is 34.8 Å². The van der Waals surface area contributed by atoms with E-state index in [0.29, 0.717) is 0 Å². The predicted molar refractivity (Wildman–Crippen MR) is 48.6 cm³/mol. The van der Waals surface area contributed by atoms with Crippen molar-refractivity contribution < 1.29 is 0 Å². The average molecular weight is 201 g/mol. The highest BCUT2D eigenvalue weighted by Gasteiger charge is 2.26. The molecule has 0 N–H and O–H groups in total. The monoisotopic (exact) mass is 199 g/mol. The van der Waals surface area contributed by atoms with E-state index in [1.165, 1.54) is 0 Å². The van der Waals surface area contributed by atoms with Crippen molar-refractivity contribution in [2.24, 2.45) is 0 Å². The molecule has 0 heterocycles. The molecule has 0 aliphatic heterocycles.